The van der Waals surface area contributed by atoms with E-state index in [1.54, 1.807) is 0 Å². The SMILES string of the molecule is CC(C)(C)c1ccc(N(c2ccc(C(C)(C)C)cc2)c2ccnc(-c3[c-]c(Oc4[c-]c(C5(c6ccccn6)c6ccccc6-c6ccccc65)ccc4)ccc3)c2)cc1.[Pt+2]. The maximum atomic E-state index is 6.62. The molecule has 0 amide bonds. The number of hydrogen-bond acceptors (Lipinski definition) is 4. The average molecular weight is 961 g/mol. The zero-order valence-corrected chi connectivity index (χ0v) is 37.1. The van der Waals surface area contributed by atoms with Crippen molar-refractivity contribution in [3.63, 3.8) is 0 Å². The van der Waals surface area contributed by atoms with Crippen molar-refractivity contribution in [2.24, 2.45) is 0 Å². The summed E-state index contributed by atoms with van der Waals surface area (Å²) in [6.07, 6.45) is 3.74. The number of benzene rings is 6. The molecule has 0 radical (unpaired) electrons. The minimum Gasteiger partial charge on any atom is -0.503 e. The molecule has 2 heterocycles. The predicted molar refractivity (Wildman–Crippen MR) is 241 cm³/mol. The third kappa shape index (κ3) is 7.50. The molecular weight excluding hydrogens is 914 g/mol. The number of fused-ring (bicyclic) bond motifs is 3. The number of pyridine rings is 2. The molecule has 1 aliphatic carbocycles. The van der Waals surface area contributed by atoms with Gasteiger partial charge in [0, 0.05) is 41.0 Å². The first-order valence-corrected chi connectivity index (χ1v) is 20.3. The molecule has 1 aliphatic rings. The Morgan fingerprint density at radius 1 is 0.500 bits per heavy atom. The Kier molecular flexibility index (Phi) is 11.0. The molecule has 298 valence electrons. The smallest absolute Gasteiger partial charge is 0.503 e. The van der Waals surface area contributed by atoms with Crippen LogP contribution in [0.25, 0.3) is 22.4 Å². The van der Waals surface area contributed by atoms with Gasteiger partial charge in [0.1, 0.15) is 0 Å². The van der Waals surface area contributed by atoms with Crippen molar-refractivity contribution >= 4 is 17.1 Å². The second-order valence-corrected chi connectivity index (χ2v) is 17.3. The van der Waals surface area contributed by atoms with Crippen molar-refractivity contribution in [1.82, 2.24) is 9.97 Å². The monoisotopic (exact) mass is 960 g/mol. The third-order valence-corrected chi connectivity index (χ3v) is 11.4. The van der Waals surface area contributed by atoms with Gasteiger partial charge in [0.15, 0.2) is 0 Å². The first-order valence-electron chi connectivity index (χ1n) is 20.3. The topological polar surface area (TPSA) is 38.2 Å². The molecule has 0 fully saturated rings. The van der Waals surface area contributed by atoms with Crippen LogP contribution in [-0.2, 0) is 37.3 Å². The van der Waals surface area contributed by atoms with Gasteiger partial charge in [-0.3, -0.25) is 4.98 Å². The van der Waals surface area contributed by atoms with E-state index in [1.165, 1.54) is 33.4 Å². The standard InChI is InChI=1S/C55H47N3O.Pt/c1-53(2,3)39-24-28-42(29-25-39)58(43-30-26-40(27-31-43)54(4,5)6)44-32-34-56-51(37-44)38-15-13-17-45(35-38)59-46-18-14-16-41(36-46)55(52-23-11-12-33-57-52)49-21-9-7-19-47(49)48-20-8-10-22-50(48)55;/h7-34,37H,1-6H3;/q-2;+2. The Bertz CT molecular complexity index is 2660. The van der Waals surface area contributed by atoms with Crippen LogP contribution in [0.4, 0.5) is 17.1 Å². The molecule has 6 aromatic carbocycles. The van der Waals surface area contributed by atoms with Gasteiger partial charge in [-0.2, -0.15) is 12.1 Å². The molecular formula is C55H47N3OPt. The van der Waals surface area contributed by atoms with E-state index >= 15 is 0 Å². The summed E-state index contributed by atoms with van der Waals surface area (Å²) in [7, 11) is 0. The molecule has 5 heteroatoms. The minimum absolute atomic E-state index is 0. The maximum absolute atomic E-state index is 6.62. The first-order chi connectivity index (χ1) is 28.5. The molecule has 0 bridgehead atoms. The van der Waals surface area contributed by atoms with Crippen LogP contribution in [0, 0.1) is 12.1 Å². The molecule has 9 rings (SSSR count). The summed E-state index contributed by atoms with van der Waals surface area (Å²) in [4.78, 5) is 12.1. The van der Waals surface area contributed by atoms with E-state index in [-0.39, 0.29) is 31.9 Å². The molecule has 2 aromatic heterocycles. The number of nitrogens with zero attached hydrogens (tertiary/aromatic N) is 3. The Morgan fingerprint density at radius 3 is 1.62 bits per heavy atom. The van der Waals surface area contributed by atoms with Gasteiger partial charge in [0.2, 0.25) is 0 Å². The van der Waals surface area contributed by atoms with Crippen LogP contribution in [0.15, 0.2) is 176 Å². The van der Waals surface area contributed by atoms with Crippen molar-refractivity contribution in [2.75, 3.05) is 4.90 Å². The van der Waals surface area contributed by atoms with Gasteiger partial charge in [-0.05, 0) is 92.4 Å². The largest absolute Gasteiger partial charge is 2.00 e. The predicted octanol–water partition coefficient (Wildman–Crippen LogP) is 14.0. The molecule has 0 spiro atoms. The zero-order valence-electron chi connectivity index (χ0n) is 34.8. The Morgan fingerprint density at radius 2 is 1.05 bits per heavy atom. The fourth-order valence-corrected chi connectivity index (χ4v) is 8.40. The Hall–Kier alpha value is -6.09. The van der Waals surface area contributed by atoms with Crippen LogP contribution in [0.2, 0.25) is 0 Å². The minimum atomic E-state index is -0.671. The second kappa shape index (κ2) is 16.2. The van der Waals surface area contributed by atoms with E-state index in [0.717, 1.165) is 39.6 Å². The first kappa shape index (κ1) is 40.7. The molecule has 0 saturated heterocycles. The van der Waals surface area contributed by atoms with E-state index in [1.807, 2.05) is 48.8 Å². The quantitative estimate of drug-likeness (QED) is 0.142. The van der Waals surface area contributed by atoms with Crippen LogP contribution in [-0.4, -0.2) is 9.97 Å². The summed E-state index contributed by atoms with van der Waals surface area (Å²) in [5.41, 5.74) is 13.4. The van der Waals surface area contributed by atoms with Gasteiger partial charge in [-0.1, -0.05) is 133 Å². The molecule has 8 aromatic rings. The van der Waals surface area contributed by atoms with Crippen molar-refractivity contribution in [2.45, 2.75) is 57.8 Å². The summed E-state index contributed by atoms with van der Waals surface area (Å²) >= 11 is 0. The molecule has 4 nitrogen and oxygen atoms in total. The van der Waals surface area contributed by atoms with E-state index in [9.17, 15) is 0 Å². The summed E-state index contributed by atoms with van der Waals surface area (Å²) in [5, 5.41) is 0. The van der Waals surface area contributed by atoms with Gasteiger partial charge in [-0.25, -0.2) is 0 Å². The number of rotatable bonds is 8. The maximum Gasteiger partial charge on any atom is 2.00 e. The second-order valence-electron chi connectivity index (χ2n) is 17.3. The van der Waals surface area contributed by atoms with Crippen LogP contribution in [0.3, 0.4) is 0 Å². The van der Waals surface area contributed by atoms with Crippen molar-refractivity contribution in [3.8, 4) is 33.9 Å². The van der Waals surface area contributed by atoms with Crippen LogP contribution in [0.5, 0.6) is 11.5 Å². The van der Waals surface area contributed by atoms with Crippen molar-refractivity contribution in [1.29, 1.82) is 0 Å². The molecule has 0 aliphatic heterocycles. The van der Waals surface area contributed by atoms with Gasteiger partial charge in [0.25, 0.3) is 0 Å². The molecule has 0 N–H and O–H groups in total. The summed E-state index contributed by atoms with van der Waals surface area (Å²) in [5.74, 6) is 1.17. The van der Waals surface area contributed by atoms with E-state index in [4.69, 9.17) is 14.7 Å². The van der Waals surface area contributed by atoms with Crippen molar-refractivity contribution in [3.05, 3.63) is 222 Å². The summed E-state index contributed by atoms with van der Waals surface area (Å²) < 4.78 is 6.62. The van der Waals surface area contributed by atoms with Crippen LogP contribution >= 0.6 is 0 Å². The third-order valence-electron chi connectivity index (χ3n) is 11.4. The van der Waals surface area contributed by atoms with E-state index < -0.39 is 5.41 Å². The number of anilines is 3. The van der Waals surface area contributed by atoms with E-state index in [2.05, 4.69) is 186 Å². The van der Waals surface area contributed by atoms with Crippen molar-refractivity contribution < 1.29 is 25.8 Å². The Labute approximate surface area is 369 Å². The molecule has 0 saturated carbocycles. The molecule has 60 heavy (non-hydrogen) atoms. The Balaban J connectivity index is 0.00000499. The number of hydrogen-bond donors (Lipinski definition) is 0. The van der Waals surface area contributed by atoms with Gasteiger partial charge < -0.3 is 14.6 Å². The average Bonchev–Trinajstić information content (AvgIpc) is 3.55. The number of aromatic nitrogens is 2. The van der Waals surface area contributed by atoms with Gasteiger partial charge in [0.05, 0.1) is 11.1 Å². The molecule has 0 atom stereocenters. The summed E-state index contributed by atoms with van der Waals surface area (Å²) in [6, 6.07) is 64.7. The summed E-state index contributed by atoms with van der Waals surface area (Å²) in [6.45, 7) is 13.5. The fraction of sp³-hybridized carbons (Fsp3) is 0.164. The van der Waals surface area contributed by atoms with E-state index in [0.29, 0.717) is 11.5 Å². The number of ether oxygens (including phenoxy) is 1. The fourth-order valence-electron chi connectivity index (χ4n) is 8.40. The van der Waals surface area contributed by atoms with Crippen LogP contribution in [0.1, 0.15) is 75.1 Å². The van der Waals surface area contributed by atoms with Gasteiger partial charge >= 0.3 is 21.1 Å². The zero-order chi connectivity index (χ0) is 40.8. The molecule has 0 unspecified atom stereocenters. The normalized spacial score (nSPS) is 12.8. The van der Waals surface area contributed by atoms with Gasteiger partial charge in [-0.15, -0.1) is 41.5 Å². The van der Waals surface area contributed by atoms with Crippen LogP contribution < -0.4 is 9.64 Å².